The first-order valence-electron chi connectivity index (χ1n) is 9.17. The molecule has 2 aromatic carbocycles. The smallest absolute Gasteiger partial charge is 0.178 e. The third kappa shape index (κ3) is 3.51. The van der Waals surface area contributed by atoms with Gasteiger partial charge in [0.15, 0.2) is 5.82 Å². The van der Waals surface area contributed by atoms with E-state index in [1.165, 1.54) is 30.0 Å². The van der Waals surface area contributed by atoms with Crippen LogP contribution in [0.2, 0.25) is 0 Å². The second-order valence-electron chi connectivity index (χ2n) is 6.75. The Balaban J connectivity index is 1.73. The number of halogens is 1. The summed E-state index contributed by atoms with van der Waals surface area (Å²) in [5.41, 5.74) is 1.43. The summed E-state index contributed by atoms with van der Waals surface area (Å²) in [7, 11) is 0. The van der Waals surface area contributed by atoms with Crippen LogP contribution < -0.4 is 5.32 Å². The van der Waals surface area contributed by atoms with E-state index in [-0.39, 0.29) is 11.9 Å². The van der Waals surface area contributed by atoms with Gasteiger partial charge < -0.3 is 5.32 Å². The second-order valence-corrected chi connectivity index (χ2v) is 6.75. The molecule has 0 saturated heterocycles. The molecule has 0 amide bonds. The van der Waals surface area contributed by atoms with Gasteiger partial charge in [0.25, 0.3) is 0 Å². The summed E-state index contributed by atoms with van der Waals surface area (Å²) in [6.07, 6.45) is 6.05. The third-order valence-electron chi connectivity index (χ3n) is 4.97. The largest absolute Gasteiger partial charge is 0.301 e. The summed E-state index contributed by atoms with van der Waals surface area (Å²) in [6.45, 7) is 0. The van der Waals surface area contributed by atoms with Crippen molar-refractivity contribution >= 4 is 0 Å². The van der Waals surface area contributed by atoms with Gasteiger partial charge >= 0.3 is 0 Å². The number of rotatable bonds is 5. The van der Waals surface area contributed by atoms with E-state index in [1.807, 2.05) is 18.2 Å². The highest BCUT2D eigenvalue weighted by molar-refractivity contribution is 5.35. The number of para-hydroxylation sites is 1. The van der Waals surface area contributed by atoms with Gasteiger partial charge in [-0.1, -0.05) is 61.7 Å². The van der Waals surface area contributed by atoms with E-state index in [0.717, 1.165) is 18.4 Å². The van der Waals surface area contributed by atoms with Gasteiger partial charge in [-0.05, 0) is 41.0 Å². The van der Waals surface area contributed by atoms with Crippen molar-refractivity contribution in [2.24, 2.45) is 0 Å². The molecule has 6 heteroatoms. The van der Waals surface area contributed by atoms with Crippen molar-refractivity contribution in [3.63, 3.8) is 0 Å². The topological polar surface area (TPSA) is 55.6 Å². The van der Waals surface area contributed by atoms with Crippen molar-refractivity contribution in [2.45, 2.75) is 44.2 Å². The van der Waals surface area contributed by atoms with E-state index in [4.69, 9.17) is 0 Å². The first kappa shape index (κ1) is 16.8. The molecule has 1 aliphatic rings. The highest BCUT2D eigenvalue weighted by Gasteiger charge is 2.26. The highest BCUT2D eigenvalue weighted by atomic mass is 19.1. The minimum atomic E-state index is -0.342. The summed E-state index contributed by atoms with van der Waals surface area (Å²) in [5.74, 6) is 0.261. The minimum absolute atomic E-state index is 0.186. The van der Waals surface area contributed by atoms with Gasteiger partial charge in [-0.25, -0.2) is 4.39 Å². The van der Waals surface area contributed by atoms with Crippen LogP contribution in [0.1, 0.15) is 49.5 Å². The van der Waals surface area contributed by atoms with E-state index in [0.29, 0.717) is 17.6 Å². The minimum Gasteiger partial charge on any atom is -0.301 e. The van der Waals surface area contributed by atoms with Gasteiger partial charge in [0, 0.05) is 6.04 Å². The Morgan fingerprint density at radius 1 is 0.962 bits per heavy atom. The molecule has 26 heavy (non-hydrogen) atoms. The Morgan fingerprint density at radius 2 is 1.69 bits per heavy atom. The van der Waals surface area contributed by atoms with Crippen LogP contribution in [0.3, 0.4) is 0 Å². The van der Waals surface area contributed by atoms with E-state index in [1.54, 1.807) is 18.2 Å². The lowest BCUT2D eigenvalue weighted by atomic mass is 9.93. The fraction of sp³-hybridized carbons (Fsp3) is 0.350. The lowest BCUT2D eigenvalue weighted by molar-refractivity contribution is 0.348. The zero-order valence-electron chi connectivity index (χ0n) is 14.6. The molecule has 0 spiro atoms. The average Bonchev–Trinajstić information content (AvgIpc) is 3.17. The Bertz CT molecular complexity index is 842. The highest BCUT2D eigenvalue weighted by Crippen LogP contribution is 2.26. The van der Waals surface area contributed by atoms with Gasteiger partial charge in [-0.3, -0.25) is 0 Å². The lowest BCUT2D eigenvalue weighted by Crippen LogP contribution is -2.36. The third-order valence-corrected chi connectivity index (χ3v) is 4.97. The predicted molar refractivity (Wildman–Crippen MR) is 97.4 cm³/mol. The summed E-state index contributed by atoms with van der Waals surface area (Å²) in [5, 5.41) is 15.9. The van der Waals surface area contributed by atoms with Gasteiger partial charge in [0.05, 0.1) is 6.04 Å². The maximum atomic E-state index is 14.3. The summed E-state index contributed by atoms with van der Waals surface area (Å²) in [6, 6.07) is 16.9. The molecular weight excluding hydrogens is 329 g/mol. The molecule has 0 bridgehead atoms. The SMILES string of the molecule is Fc1ccccc1-n1nnnc1C(NC1CCCCC1)c1ccccc1. The van der Waals surface area contributed by atoms with E-state index < -0.39 is 0 Å². The maximum absolute atomic E-state index is 14.3. The van der Waals surface area contributed by atoms with Crippen molar-refractivity contribution in [3.8, 4) is 5.69 Å². The Hall–Kier alpha value is -2.60. The van der Waals surface area contributed by atoms with Crippen molar-refractivity contribution in [3.05, 3.63) is 71.8 Å². The molecule has 1 aromatic heterocycles. The zero-order valence-corrected chi connectivity index (χ0v) is 14.6. The van der Waals surface area contributed by atoms with E-state index in [2.05, 4.69) is 33.0 Å². The number of nitrogens with one attached hydrogen (secondary N) is 1. The molecule has 4 rings (SSSR count). The molecule has 1 N–H and O–H groups in total. The Labute approximate surface area is 152 Å². The monoisotopic (exact) mass is 351 g/mol. The summed E-state index contributed by atoms with van der Waals surface area (Å²) >= 11 is 0. The van der Waals surface area contributed by atoms with Crippen LogP contribution in [-0.2, 0) is 0 Å². The van der Waals surface area contributed by atoms with Crippen LogP contribution >= 0.6 is 0 Å². The van der Waals surface area contributed by atoms with Crippen LogP contribution in [0.4, 0.5) is 4.39 Å². The van der Waals surface area contributed by atoms with Crippen molar-refractivity contribution in [2.75, 3.05) is 0 Å². The van der Waals surface area contributed by atoms with Crippen LogP contribution in [-0.4, -0.2) is 26.2 Å². The average molecular weight is 351 g/mol. The van der Waals surface area contributed by atoms with Crippen molar-refractivity contribution in [1.82, 2.24) is 25.5 Å². The van der Waals surface area contributed by atoms with Crippen LogP contribution in [0, 0.1) is 5.82 Å². The van der Waals surface area contributed by atoms with Gasteiger partial charge in [0.1, 0.15) is 11.5 Å². The Kier molecular flexibility index (Phi) is 5.02. The number of nitrogens with zero attached hydrogens (tertiary/aromatic N) is 4. The molecule has 1 unspecified atom stereocenters. The quantitative estimate of drug-likeness (QED) is 0.759. The van der Waals surface area contributed by atoms with Crippen LogP contribution in [0.5, 0.6) is 0 Å². The molecule has 1 aliphatic carbocycles. The van der Waals surface area contributed by atoms with E-state index >= 15 is 0 Å². The number of benzene rings is 2. The fourth-order valence-electron chi connectivity index (χ4n) is 3.64. The van der Waals surface area contributed by atoms with Gasteiger partial charge in [-0.2, -0.15) is 4.68 Å². The maximum Gasteiger partial charge on any atom is 0.178 e. The summed E-state index contributed by atoms with van der Waals surface area (Å²) < 4.78 is 15.8. The standard InChI is InChI=1S/C20H22FN5/c21-17-13-7-8-14-18(17)26-20(23-24-25-26)19(15-9-3-1-4-10-15)22-16-11-5-2-6-12-16/h1,3-4,7-10,13-14,16,19,22H,2,5-6,11-12H2. The van der Waals surface area contributed by atoms with Gasteiger partial charge in [-0.15, -0.1) is 5.10 Å². The number of hydrogen-bond acceptors (Lipinski definition) is 4. The first-order chi connectivity index (χ1) is 12.8. The Morgan fingerprint density at radius 3 is 2.46 bits per heavy atom. The van der Waals surface area contributed by atoms with Crippen LogP contribution in [0.15, 0.2) is 54.6 Å². The van der Waals surface area contributed by atoms with Crippen molar-refractivity contribution < 1.29 is 4.39 Å². The summed E-state index contributed by atoms with van der Waals surface area (Å²) in [4.78, 5) is 0. The molecule has 0 aliphatic heterocycles. The molecule has 1 fully saturated rings. The number of tetrazole rings is 1. The second kappa shape index (κ2) is 7.74. The zero-order chi connectivity index (χ0) is 17.8. The molecule has 1 saturated carbocycles. The lowest BCUT2D eigenvalue weighted by Gasteiger charge is -2.28. The van der Waals surface area contributed by atoms with Gasteiger partial charge in [0.2, 0.25) is 0 Å². The molecule has 0 radical (unpaired) electrons. The molecule has 5 nitrogen and oxygen atoms in total. The number of aromatic nitrogens is 4. The predicted octanol–water partition coefficient (Wildman–Crippen LogP) is 3.81. The molecule has 3 aromatic rings. The van der Waals surface area contributed by atoms with Crippen molar-refractivity contribution in [1.29, 1.82) is 0 Å². The number of hydrogen-bond donors (Lipinski definition) is 1. The fourth-order valence-corrected chi connectivity index (χ4v) is 3.64. The molecule has 1 atom stereocenters. The van der Waals surface area contributed by atoms with Crippen LogP contribution in [0.25, 0.3) is 5.69 Å². The van der Waals surface area contributed by atoms with E-state index in [9.17, 15) is 4.39 Å². The molecular formula is C20H22FN5. The normalized spacial score (nSPS) is 16.5. The molecule has 1 heterocycles. The first-order valence-corrected chi connectivity index (χ1v) is 9.17. The molecule has 134 valence electrons.